The molecule has 0 unspecified atom stereocenters. The van der Waals surface area contributed by atoms with Crippen molar-refractivity contribution in [1.29, 1.82) is 0 Å². The smallest absolute Gasteiger partial charge is 0.0132 e. The fraction of sp³-hybridized carbons (Fsp3) is 0.261. The molecule has 0 fully saturated rings. The first-order valence-corrected chi connectivity index (χ1v) is 16.3. The van der Waals surface area contributed by atoms with Crippen LogP contribution in [0.3, 0.4) is 0 Å². The molecule has 6 aromatic rings. The fourth-order valence-electron chi connectivity index (χ4n) is 3.67. The van der Waals surface area contributed by atoms with E-state index in [1.165, 1.54) is 33.0 Å². The van der Waals surface area contributed by atoms with Crippen LogP contribution in [0.25, 0.3) is 10.8 Å². The lowest BCUT2D eigenvalue weighted by atomic mass is 9.87. The molecule has 0 heteroatoms. The minimum absolute atomic E-state index is 0.293. The molecule has 6 aromatic carbocycles. The van der Waals surface area contributed by atoms with Crippen molar-refractivity contribution in [2.24, 2.45) is 5.41 Å². The molecule has 0 N–H and O–H groups in total. The molecule has 0 radical (unpaired) electrons. The van der Waals surface area contributed by atoms with Crippen molar-refractivity contribution in [2.45, 2.75) is 74.7 Å². The summed E-state index contributed by atoms with van der Waals surface area (Å²) in [6.07, 6.45) is 0. The van der Waals surface area contributed by atoms with Crippen molar-refractivity contribution in [3.05, 3.63) is 192 Å². The van der Waals surface area contributed by atoms with Gasteiger partial charge in [0.2, 0.25) is 0 Å². The summed E-state index contributed by atoms with van der Waals surface area (Å²) in [4.78, 5) is 0. The van der Waals surface area contributed by atoms with Gasteiger partial charge in [-0.25, -0.2) is 0 Å². The van der Waals surface area contributed by atoms with Crippen molar-refractivity contribution in [2.75, 3.05) is 0 Å². The summed E-state index contributed by atoms with van der Waals surface area (Å²) >= 11 is 0. The zero-order valence-corrected chi connectivity index (χ0v) is 30.2. The molecule has 0 spiro atoms. The molecule has 0 nitrogen and oxygen atoms in total. The molecule has 242 valence electrons. The maximum Gasteiger partial charge on any atom is -0.0132 e. The van der Waals surface area contributed by atoms with Crippen molar-refractivity contribution >= 4 is 10.8 Å². The Kier molecular flexibility index (Phi) is 19.1. The van der Waals surface area contributed by atoms with Crippen LogP contribution in [0.2, 0.25) is 0 Å². The van der Waals surface area contributed by atoms with E-state index in [1.54, 1.807) is 0 Å². The summed E-state index contributed by atoms with van der Waals surface area (Å²) in [5.74, 6) is 0. The van der Waals surface area contributed by atoms with Crippen LogP contribution in [-0.2, 0) is 5.41 Å². The Hall–Kier alpha value is -4.42. The third-order valence-corrected chi connectivity index (χ3v) is 6.12. The Morgan fingerprint density at radius 1 is 0.283 bits per heavy atom. The van der Waals surface area contributed by atoms with Gasteiger partial charge in [-0.05, 0) is 47.9 Å². The molecule has 0 saturated carbocycles. The molecule has 0 aliphatic heterocycles. The van der Waals surface area contributed by atoms with Gasteiger partial charge in [-0.1, -0.05) is 235 Å². The first-order valence-electron chi connectivity index (χ1n) is 16.3. The van der Waals surface area contributed by atoms with E-state index in [0.29, 0.717) is 10.8 Å². The maximum absolute atomic E-state index is 2.22. The quantitative estimate of drug-likeness (QED) is 0.160. The summed E-state index contributed by atoms with van der Waals surface area (Å²) in [7, 11) is 0. The maximum atomic E-state index is 2.22. The van der Waals surface area contributed by atoms with E-state index in [9.17, 15) is 0 Å². The topological polar surface area (TPSA) is 0 Å². The third kappa shape index (κ3) is 22.1. The highest BCUT2D eigenvalue weighted by Gasteiger charge is 2.11. The lowest BCUT2D eigenvalue weighted by Gasteiger charge is -2.18. The van der Waals surface area contributed by atoms with Crippen LogP contribution in [0.1, 0.15) is 70.7 Å². The number of fused-ring (bicyclic) bond motifs is 1. The molecule has 0 atom stereocenters. The number of benzene rings is 6. The average molecular weight is 611 g/mol. The minimum Gasteiger partial charge on any atom is -0.0622 e. The highest BCUT2D eigenvalue weighted by molar-refractivity contribution is 5.82. The average Bonchev–Trinajstić information content (AvgIpc) is 3.03. The number of rotatable bonds is 0. The monoisotopic (exact) mass is 610 g/mol. The molecular formula is C46H58. The van der Waals surface area contributed by atoms with Gasteiger partial charge in [0, 0.05) is 0 Å². The first-order chi connectivity index (χ1) is 21.8. The summed E-state index contributed by atoms with van der Waals surface area (Å²) in [6, 6.07) is 58.0. The lowest BCUT2D eigenvalue weighted by Crippen LogP contribution is -2.10. The van der Waals surface area contributed by atoms with Crippen molar-refractivity contribution in [1.82, 2.24) is 0 Å². The van der Waals surface area contributed by atoms with Crippen LogP contribution in [0.4, 0.5) is 0 Å². The van der Waals surface area contributed by atoms with Crippen LogP contribution >= 0.6 is 0 Å². The molecule has 6 rings (SSSR count). The minimum atomic E-state index is 0.293. The largest absolute Gasteiger partial charge is 0.0622 e. The number of hydrogen-bond donors (Lipinski definition) is 0. The second-order valence-electron chi connectivity index (χ2n) is 13.9. The molecular weight excluding hydrogens is 553 g/mol. The van der Waals surface area contributed by atoms with Gasteiger partial charge in [-0.15, -0.1) is 0 Å². The van der Waals surface area contributed by atoms with Crippen molar-refractivity contribution in [3.63, 3.8) is 0 Å². The van der Waals surface area contributed by atoms with Crippen molar-refractivity contribution in [3.8, 4) is 0 Å². The lowest BCUT2D eigenvalue weighted by molar-refractivity contribution is 0.469. The van der Waals surface area contributed by atoms with Crippen LogP contribution in [0.5, 0.6) is 0 Å². The molecule has 0 aliphatic rings. The molecule has 0 aliphatic carbocycles. The van der Waals surface area contributed by atoms with E-state index in [0.717, 1.165) is 0 Å². The summed E-state index contributed by atoms with van der Waals surface area (Å²) in [5, 5.41) is 2.62. The Morgan fingerprint density at radius 2 is 0.478 bits per heavy atom. The molecule has 0 heterocycles. The normalized spacial score (nSPS) is 9.96. The van der Waals surface area contributed by atoms with Gasteiger partial charge in [0.15, 0.2) is 0 Å². The third-order valence-electron chi connectivity index (χ3n) is 6.12. The van der Waals surface area contributed by atoms with E-state index in [2.05, 4.69) is 184 Å². The first kappa shape index (κ1) is 39.6. The number of aryl methyl sites for hydroxylation is 3. The summed E-state index contributed by atoms with van der Waals surface area (Å²) in [5.41, 5.74) is 6.16. The highest BCUT2D eigenvalue weighted by atomic mass is 14.2. The fourth-order valence-corrected chi connectivity index (χ4v) is 3.67. The van der Waals surface area contributed by atoms with Gasteiger partial charge < -0.3 is 0 Å². The van der Waals surface area contributed by atoms with E-state index in [-0.39, 0.29) is 0 Å². The Bertz CT molecular complexity index is 1380. The van der Waals surface area contributed by atoms with Crippen LogP contribution in [0, 0.1) is 26.2 Å². The van der Waals surface area contributed by atoms with Crippen LogP contribution < -0.4 is 0 Å². The van der Waals surface area contributed by atoms with Crippen molar-refractivity contribution < 1.29 is 0 Å². The molecule has 0 amide bonds. The summed E-state index contributed by atoms with van der Waals surface area (Å²) in [6.45, 7) is 21.7. The van der Waals surface area contributed by atoms with Crippen LogP contribution in [0.15, 0.2) is 170 Å². The zero-order chi connectivity index (χ0) is 34.3. The SMILES string of the molecule is CC(C)(C)C.CC(C)(C)c1ccccc1.Cc1ccccc1.Cc1ccccc1.Cc1ccccc1.c1ccc2ccccc2c1. The molecule has 46 heavy (non-hydrogen) atoms. The van der Waals surface area contributed by atoms with Gasteiger partial charge in [0.1, 0.15) is 0 Å². The second-order valence-corrected chi connectivity index (χ2v) is 13.9. The zero-order valence-electron chi connectivity index (χ0n) is 30.2. The predicted molar refractivity (Wildman–Crippen MR) is 208 cm³/mol. The Labute approximate surface area is 282 Å². The predicted octanol–water partition coefficient (Wildman–Crippen LogP) is 13.9. The van der Waals surface area contributed by atoms with Gasteiger partial charge in [0.05, 0.1) is 0 Å². The van der Waals surface area contributed by atoms with Crippen LogP contribution in [-0.4, -0.2) is 0 Å². The van der Waals surface area contributed by atoms with Gasteiger partial charge in [0.25, 0.3) is 0 Å². The van der Waals surface area contributed by atoms with E-state index >= 15 is 0 Å². The van der Waals surface area contributed by atoms with E-state index in [1.807, 2.05) is 54.6 Å². The van der Waals surface area contributed by atoms with Gasteiger partial charge in [-0.2, -0.15) is 0 Å². The molecule has 0 bridgehead atoms. The van der Waals surface area contributed by atoms with Gasteiger partial charge in [-0.3, -0.25) is 0 Å². The molecule has 0 saturated heterocycles. The Morgan fingerprint density at radius 3 is 0.630 bits per heavy atom. The molecule has 0 aromatic heterocycles. The highest BCUT2D eigenvalue weighted by Crippen LogP contribution is 2.20. The number of hydrogen-bond acceptors (Lipinski definition) is 0. The van der Waals surface area contributed by atoms with E-state index in [4.69, 9.17) is 0 Å². The van der Waals surface area contributed by atoms with Gasteiger partial charge >= 0.3 is 0 Å². The second kappa shape index (κ2) is 22.1. The Balaban J connectivity index is 0.000000280. The summed E-state index contributed by atoms with van der Waals surface area (Å²) < 4.78 is 0. The standard InChI is InChI=1S/C10H8.C10H14.3C7H8.C5H12/c1-2-6-10-8-4-3-7-9(10)5-1;1-10(2,3)9-7-5-4-6-8-9;3*1-7-5-3-2-4-6-7;1-5(2,3)4/h1-8H;4-8H,1-3H3;3*2-6H,1H3;1-4H3. The van der Waals surface area contributed by atoms with E-state index < -0.39 is 0 Å².